The molecule has 0 atom stereocenters. The molecule has 0 aliphatic rings. The van der Waals surface area contributed by atoms with Crippen LogP contribution in [0.2, 0.25) is 0 Å². The number of methoxy groups -OCH3 is 1. The van der Waals surface area contributed by atoms with Gasteiger partial charge in [-0.25, -0.2) is 13.6 Å². The standard InChI is InChI=1S/C11H16N2O4S/c1-17-7-3-6-13-11(14)9-4-2-5-10(8-9)18(12,15)16/h2,4-5,8H,3,6-7H2,1H3,(H,13,14)(H2,12,15,16). The predicted molar refractivity (Wildman–Crippen MR) is 66.6 cm³/mol. The SMILES string of the molecule is COCCCNC(=O)c1cccc(S(N)(=O)=O)c1. The number of nitrogens with one attached hydrogen (secondary N) is 1. The van der Waals surface area contributed by atoms with Crippen LogP contribution < -0.4 is 10.5 Å². The van der Waals surface area contributed by atoms with Crippen molar-refractivity contribution in [1.82, 2.24) is 5.32 Å². The number of hydrogen-bond donors (Lipinski definition) is 2. The first-order valence-electron chi connectivity index (χ1n) is 5.35. The second-order valence-corrected chi connectivity index (χ2v) is 5.24. The highest BCUT2D eigenvalue weighted by Gasteiger charge is 2.11. The molecule has 1 amide bonds. The smallest absolute Gasteiger partial charge is 0.251 e. The molecule has 7 heteroatoms. The van der Waals surface area contributed by atoms with E-state index in [9.17, 15) is 13.2 Å². The molecule has 0 heterocycles. The summed E-state index contributed by atoms with van der Waals surface area (Å²) in [6.45, 7) is 1.02. The molecule has 0 radical (unpaired) electrons. The largest absolute Gasteiger partial charge is 0.385 e. The van der Waals surface area contributed by atoms with Gasteiger partial charge >= 0.3 is 0 Å². The molecule has 0 unspecified atom stereocenters. The maximum absolute atomic E-state index is 11.7. The normalized spacial score (nSPS) is 11.2. The fourth-order valence-corrected chi connectivity index (χ4v) is 1.89. The Morgan fingerprint density at radius 1 is 1.44 bits per heavy atom. The Morgan fingerprint density at radius 3 is 2.78 bits per heavy atom. The molecule has 1 rings (SSSR count). The molecule has 100 valence electrons. The summed E-state index contributed by atoms with van der Waals surface area (Å²) in [5, 5.41) is 7.65. The van der Waals surface area contributed by atoms with Gasteiger partial charge in [-0.1, -0.05) is 6.07 Å². The fraction of sp³-hybridized carbons (Fsp3) is 0.364. The van der Waals surface area contributed by atoms with E-state index in [0.717, 1.165) is 0 Å². The highest BCUT2D eigenvalue weighted by molar-refractivity contribution is 7.89. The van der Waals surface area contributed by atoms with E-state index >= 15 is 0 Å². The molecule has 1 aromatic rings. The van der Waals surface area contributed by atoms with Gasteiger partial charge in [-0.05, 0) is 24.6 Å². The summed E-state index contributed by atoms with van der Waals surface area (Å²) in [4.78, 5) is 11.6. The molecule has 3 N–H and O–H groups in total. The Balaban J connectivity index is 2.69. The summed E-state index contributed by atoms with van der Waals surface area (Å²) in [5.74, 6) is -0.336. The van der Waals surface area contributed by atoms with Gasteiger partial charge in [0, 0.05) is 25.8 Å². The van der Waals surface area contributed by atoms with Crippen molar-refractivity contribution in [3.05, 3.63) is 29.8 Å². The first-order valence-corrected chi connectivity index (χ1v) is 6.90. The van der Waals surface area contributed by atoms with Gasteiger partial charge in [-0.3, -0.25) is 4.79 Å². The number of sulfonamides is 1. The monoisotopic (exact) mass is 272 g/mol. The molecule has 6 nitrogen and oxygen atoms in total. The Labute approximate surface area is 106 Å². The number of rotatable bonds is 6. The average Bonchev–Trinajstić information content (AvgIpc) is 2.33. The van der Waals surface area contributed by atoms with Crippen molar-refractivity contribution in [1.29, 1.82) is 0 Å². The second kappa shape index (κ2) is 6.48. The Hall–Kier alpha value is -1.44. The molecule has 0 fully saturated rings. The van der Waals surface area contributed by atoms with Gasteiger partial charge in [0.05, 0.1) is 4.90 Å². The third kappa shape index (κ3) is 4.44. The lowest BCUT2D eigenvalue weighted by atomic mass is 10.2. The topological polar surface area (TPSA) is 98.5 Å². The molecular formula is C11H16N2O4S. The maximum Gasteiger partial charge on any atom is 0.251 e. The number of benzene rings is 1. The van der Waals surface area contributed by atoms with Crippen LogP contribution in [-0.2, 0) is 14.8 Å². The molecule has 0 aliphatic heterocycles. The molecule has 0 bridgehead atoms. The van der Waals surface area contributed by atoms with E-state index in [2.05, 4.69) is 5.32 Å². The van der Waals surface area contributed by atoms with Gasteiger partial charge in [-0.15, -0.1) is 0 Å². The third-order valence-corrected chi connectivity index (χ3v) is 3.15. The zero-order chi connectivity index (χ0) is 13.6. The first kappa shape index (κ1) is 14.6. The number of carbonyl (C=O) groups excluding carboxylic acids is 1. The highest BCUT2D eigenvalue weighted by Crippen LogP contribution is 2.09. The van der Waals surface area contributed by atoms with Gasteiger partial charge in [-0.2, -0.15) is 0 Å². The van der Waals surface area contributed by atoms with Crippen molar-refractivity contribution in [2.75, 3.05) is 20.3 Å². The zero-order valence-electron chi connectivity index (χ0n) is 10.0. The summed E-state index contributed by atoms with van der Waals surface area (Å²) < 4.78 is 27.1. The summed E-state index contributed by atoms with van der Waals surface area (Å²) in [5.41, 5.74) is 0.263. The molecule has 0 aliphatic carbocycles. The van der Waals surface area contributed by atoms with E-state index < -0.39 is 10.0 Å². The van der Waals surface area contributed by atoms with Crippen LogP contribution in [0.4, 0.5) is 0 Å². The van der Waals surface area contributed by atoms with Gasteiger partial charge < -0.3 is 10.1 Å². The van der Waals surface area contributed by atoms with Crippen LogP contribution in [0.25, 0.3) is 0 Å². The summed E-state index contributed by atoms with van der Waals surface area (Å²) >= 11 is 0. The fourth-order valence-electron chi connectivity index (χ4n) is 1.33. The number of primary sulfonamides is 1. The van der Waals surface area contributed by atoms with Crippen LogP contribution in [0, 0.1) is 0 Å². The van der Waals surface area contributed by atoms with Crippen molar-refractivity contribution in [2.24, 2.45) is 5.14 Å². The van der Waals surface area contributed by atoms with Crippen molar-refractivity contribution < 1.29 is 17.9 Å². The van der Waals surface area contributed by atoms with Crippen LogP contribution in [-0.4, -0.2) is 34.6 Å². The van der Waals surface area contributed by atoms with Gasteiger partial charge in [0.15, 0.2) is 0 Å². The molecule has 0 spiro atoms. The average molecular weight is 272 g/mol. The number of hydrogen-bond acceptors (Lipinski definition) is 4. The van der Waals surface area contributed by atoms with Crippen molar-refractivity contribution in [3.8, 4) is 0 Å². The van der Waals surface area contributed by atoms with E-state index in [0.29, 0.717) is 19.6 Å². The second-order valence-electron chi connectivity index (χ2n) is 3.68. The van der Waals surface area contributed by atoms with Crippen LogP contribution in [0.1, 0.15) is 16.8 Å². The molecule has 18 heavy (non-hydrogen) atoms. The third-order valence-electron chi connectivity index (χ3n) is 2.24. The Kier molecular flexibility index (Phi) is 5.26. The minimum Gasteiger partial charge on any atom is -0.385 e. The van der Waals surface area contributed by atoms with Gasteiger partial charge in [0.1, 0.15) is 0 Å². The zero-order valence-corrected chi connectivity index (χ0v) is 10.9. The van der Waals surface area contributed by atoms with Crippen LogP contribution in [0.5, 0.6) is 0 Å². The van der Waals surface area contributed by atoms with Gasteiger partial charge in [0.2, 0.25) is 10.0 Å². The van der Waals surface area contributed by atoms with Crippen molar-refractivity contribution in [3.63, 3.8) is 0 Å². The Bertz CT molecular complexity index is 514. The van der Waals surface area contributed by atoms with E-state index in [1.54, 1.807) is 7.11 Å². The molecule has 1 aromatic carbocycles. The molecular weight excluding hydrogens is 256 g/mol. The van der Waals surface area contributed by atoms with Crippen molar-refractivity contribution in [2.45, 2.75) is 11.3 Å². The lowest BCUT2D eigenvalue weighted by molar-refractivity contribution is 0.0948. The van der Waals surface area contributed by atoms with E-state index in [1.165, 1.54) is 24.3 Å². The first-order chi connectivity index (χ1) is 8.45. The van der Waals surface area contributed by atoms with Crippen molar-refractivity contribution >= 4 is 15.9 Å². The van der Waals surface area contributed by atoms with E-state index in [4.69, 9.17) is 9.88 Å². The number of ether oxygens (including phenoxy) is 1. The summed E-state index contributed by atoms with van der Waals surface area (Å²) in [6, 6.07) is 5.60. The molecule has 0 aromatic heterocycles. The molecule has 0 saturated heterocycles. The van der Waals surface area contributed by atoms with Crippen LogP contribution >= 0.6 is 0 Å². The van der Waals surface area contributed by atoms with Crippen LogP contribution in [0.15, 0.2) is 29.2 Å². The predicted octanol–water partition coefficient (Wildman–Crippen LogP) is 0.100. The lowest BCUT2D eigenvalue weighted by Crippen LogP contribution is -2.25. The minimum atomic E-state index is -3.79. The number of amides is 1. The highest BCUT2D eigenvalue weighted by atomic mass is 32.2. The number of carbonyl (C=O) groups is 1. The van der Waals surface area contributed by atoms with E-state index in [-0.39, 0.29) is 16.4 Å². The minimum absolute atomic E-state index is 0.0768. The Morgan fingerprint density at radius 2 is 2.17 bits per heavy atom. The van der Waals surface area contributed by atoms with Crippen LogP contribution in [0.3, 0.4) is 0 Å². The summed E-state index contributed by atoms with van der Waals surface area (Å²) in [6.07, 6.45) is 0.692. The maximum atomic E-state index is 11.7. The lowest BCUT2D eigenvalue weighted by Gasteiger charge is -2.06. The van der Waals surface area contributed by atoms with Gasteiger partial charge in [0.25, 0.3) is 5.91 Å². The molecule has 0 saturated carbocycles. The quantitative estimate of drug-likeness (QED) is 0.717. The number of nitrogens with two attached hydrogens (primary N) is 1. The summed E-state index contributed by atoms with van der Waals surface area (Å²) in [7, 11) is -2.21. The van der Waals surface area contributed by atoms with E-state index in [1.807, 2.05) is 0 Å².